The van der Waals surface area contributed by atoms with E-state index in [1.165, 1.54) is 0 Å². The molecule has 1 aliphatic rings. The van der Waals surface area contributed by atoms with Crippen LogP contribution in [0.2, 0.25) is 0 Å². The maximum atomic E-state index is 10.7. The molecule has 0 heterocycles. The zero-order chi connectivity index (χ0) is 6.69. The minimum absolute atomic E-state index is 0.148. The van der Waals surface area contributed by atoms with E-state index in [1.807, 2.05) is 24.3 Å². The first-order valence-corrected chi connectivity index (χ1v) is 3.14. The van der Waals surface area contributed by atoms with Crippen LogP contribution >= 0.6 is 0 Å². The first kappa shape index (κ1) is 6.52. The minimum Gasteiger partial charge on any atom is -0.634 e. The van der Waals surface area contributed by atoms with Gasteiger partial charge in [-0.05, 0) is 6.08 Å². The number of hydrogen-bond donors (Lipinski definition) is 1. The molecule has 9 heavy (non-hydrogen) atoms. The van der Waals surface area contributed by atoms with Crippen LogP contribution in [0.25, 0.3) is 0 Å². The maximum absolute atomic E-state index is 10.7. The Morgan fingerprint density at radius 3 is 2.67 bits per heavy atom. The van der Waals surface area contributed by atoms with Gasteiger partial charge in [0.2, 0.25) is 0 Å². The molecule has 0 bridgehead atoms. The second-order valence-corrected chi connectivity index (χ2v) is 2.27. The van der Waals surface area contributed by atoms with Crippen molar-refractivity contribution < 1.29 is 5.06 Å². The summed E-state index contributed by atoms with van der Waals surface area (Å²) in [6.07, 6.45) is 8.75. The maximum Gasteiger partial charge on any atom is 0.109 e. The molecule has 0 aliphatic heterocycles. The normalized spacial score (nSPS) is 28.4. The van der Waals surface area contributed by atoms with Gasteiger partial charge in [-0.2, -0.15) is 0 Å². The first-order valence-electron chi connectivity index (χ1n) is 3.14. The molecule has 0 spiro atoms. The second-order valence-electron chi connectivity index (χ2n) is 2.27. The van der Waals surface area contributed by atoms with Crippen LogP contribution in [0.4, 0.5) is 0 Å². The molecule has 2 heteroatoms. The van der Waals surface area contributed by atoms with Crippen LogP contribution in [0.5, 0.6) is 0 Å². The summed E-state index contributed by atoms with van der Waals surface area (Å²) in [5.74, 6) is 0. The van der Waals surface area contributed by atoms with Crippen LogP contribution in [0.3, 0.4) is 0 Å². The summed E-state index contributed by atoms with van der Waals surface area (Å²) in [7, 11) is 1.63. The Bertz CT molecular complexity index is 138. The number of likely N-dealkylation sites (N-methyl/N-ethyl adjacent to an activating group) is 1. The van der Waals surface area contributed by atoms with E-state index in [0.29, 0.717) is 0 Å². The molecule has 2 atom stereocenters. The Labute approximate surface area is 55.1 Å². The zero-order valence-electron chi connectivity index (χ0n) is 5.50. The Balaban J connectivity index is 2.46. The van der Waals surface area contributed by atoms with Gasteiger partial charge in [-0.25, -0.2) is 0 Å². The van der Waals surface area contributed by atoms with Crippen molar-refractivity contribution in [2.24, 2.45) is 0 Å². The molecule has 0 radical (unpaired) electrons. The van der Waals surface area contributed by atoms with E-state index in [4.69, 9.17) is 0 Å². The van der Waals surface area contributed by atoms with Gasteiger partial charge < -0.3 is 10.3 Å². The van der Waals surface area contributed by atoms with Crippen molar-refractivity contribution in [2.45, 2.75) is 12.5 Å². The number of nitrogens with one attached hydrogen (secondary N) is 1. The molecular formula is C7H11NO. The Morgan fingerprint density at radius 2 is 2.33 bits per heavy atom. The Hall–Kier alpha value is -0.600. The predicted octanol–water partition coefficient (Wildman–Crippen LogP) is -0.116. The predicted molar refractivity (Wildman–Crippen MR) is 36.9 cm³/mol. The van der Waals surface area contributed by atoms with Crippen molar-refractivity contribution in [3.8, 4) is 0 Å². The lowest BCUT2D eigenvalue weighted by Crippen LogP contribution is -3.07. The molecule has 0 aromatic carbocycles. The molecule has 2 nitrogen and oxygen atoms in total. The van der Waals surface area contributed by atoms with Crippen LogP contribution in [0.15, 0.2) is 24.3 Å². The average molecular weight is 125 g/mol. The topological polar surface area (TPSA) is 27.5 Å². The van der Waals surface area contributed by atoms with Crippen LogP contribution in [0.1, 0.15) is 6.42 Å². The van der Waals surface area contributed by atoms with Crippen molar-refractivity contribution in [2.75, 3.05) is 7.05 Å². The van der Waals surface area contributed by atoms with Gasteiger partial charge in [0, 0.05) is 6.42 Å². The van der Waals surface area contributed by atoms with Crippen molar-refractivity contribution in [1.29, 1.82) is 0 Å². The van der Waals surface area contributed by atoms with Gasteiger partial charge in [-0.15, -0.1) is 0 Å². The van der Waals surface area contributed by atoms with E-state index in [1.54, 1.807) is 7.05 Å². The standard InChI is InChI=1S/C7H11NO/c1-8(9)7-5-3-2-4-6-7/h2-5,7-8H,6H2,1H3. The summed E-state index contributed by atoms with van der Waals surface area (Å²) >= 11 is 0. The number of allylic oxidation sites excluding steroid dienone is 2. The second kappa shape index (κ2) is 2.80. The van der Waals surface area contributed by atoms with E-state index in [2.05, 4.69) is 0 Å². The average Bonchev–Trinajstić information content (AvgIpc) is 1.90. The molecule has 0 saturated carbocycles. The SMILES string of the molecule is C[NH+]([O-])C1C=CC=CC1. The van der Waals surface area contributed by atoms with Crippen molar-refractivity contribution >= 4 is 0 Å². The summed E-state index contributed by atoms with van der Waals surface area (Å²) in [5, 5.41) is 11.0. The van der Waals surface area contributed by atoms with Gasteiger partial charge in [0.05, 0.1) is 7.05 Å². The third-order valence-electron chi connectivity index (χ3n) is 1.50. The van der Waals surface area contributed by atoms with Crippen LogP contribution in [0, 0.1) is 5.21 Å². The van der Waals surface area contributed by atoms with E-state index >= 15 is 0 Å². The highest BCUT2D eigenvalue weighted by Gasteiger charge is 2.06. The number of quaternary nitrogens is 1. The van der Waals surface area contributed by atoms with Crippen molar-refractivity contribution in [3.05, 3.63) is 29.5 Å². The largest absolute Gasteiger partial charge is 0.634 e. The van der Waals surface area contributed by atoms with E-state index in [9.17, 15) is 5.21 Å². The molecule has 0 fully saturated rings. The third-order valence-corrected chi connectivity index (χ3v) is 1.50. The van der Waals surface area contributed by atoms with Gasteiger partial charge in [-0.3, -0.25) is 0 Å². The van der Waals surface area contributed by atoms with E-state index in [-0.39, 0.29) is 11.1 Å². The first-order chi connectivity index (χ1) is 4.30. The fraction of sp³-hybridized carbons (Fsp3) is 0.429. The molecule has 0 aromatic rings. The lowest BCUT2D eigenvalue weighted by molar-refractivity contribution is -0.846. The molecule has 0 saturated heterocycles. The number of rotatable bonds is 1. The molecule has 50 valence electrons. The van der Waals surface area contributed by atoms with Gasteiger partial charge in [0.25, 0.3) is 0 Å². The third kappa shape index (κ3) is 1.66. The lowest BCUT2D eigenvalue weighted by atomic mass is 10.1. The molecule has 2 unspecified atom stereocenters. The Kier molecular flexibility index (Phi) is 2.03. The van der Waals surface area contributed by atoms with Gasteiger partial charge in [-0.1, -0.05) is 18.2 Å². The summed E-state index contributed by atoms with van der Waals surface area (Å²) < 4.78 is 0. The van der Waals surface area contributed by atoms with Gasteiger partial charge in [0.15, 0.2) is 0 Å². The van der Waals surface area contributed by atoms with Crippen molar-refractivity contribution in [3.63, 3.8) is 0 Å². The summed E-state index contributed by atoms with van der Waals surface area (Å²) in [6, 6.07) is 0.148. The smallest absolute Gasteiger partial charge is 0.109 e. The van der Waals surface area contributed by atoms with E-state index < -0.39 is 0 Å². The zero-order valence-corrected chi connectivity index (χ0v) is 5.50. The molecule has 1 N–H and O–H groups in total. The minimum atomic E-state index is 0.148. The fourth-order valence-corrected chi connectivity index (χ4v) is 0.882. The molecule has 0 aromatic heterocycles. The molecular weight excluding hydrogens is 114 g/mol. The molecule has 1 rings (SSSR count). The van der Waals surface area contributed by atoms with Crippen LogP contribution < -0.4 is 5.06 Å². The van der Waals surface area contributed by atoms with Crippen LogP contribution in [-0.4, -0.2) is 13.1 Å². The fourth-order valence-electron chi connectivity index (χ4n) is 0.882. The Morgan fingerprint density at radius 1 is 1.56 bits per heavy atom. The van der Waals surface area contributed by atoms with Crippen LogP contribution in [-0.2, 0) is 0 Å². The highest BCUT2D eigenvalue weighted by molar-refractivity contribution is 5.11. The highest BCUT2D eigenvalue weighted by atomic mass is 16.5. The van der Waals surface area contributed by atoms with Crippen molar-refractivity contribution in [1.82, 2.24) is 0 Å². The number of hydrogen-bond acceptors (Lipinski definition) is 1. The number of hydroxylamine groups is 2. The van der Waals surface area contributed by atoms with Gasteiger partial charge in [0.1, 0.15) is 6.04 Å². The highest BCUT2D eigenvalue weighted by Crippen LogP contribution is 1.97. The molecule has 0 amide bonds. The van der Waals surface area contributed by atoms with E-state index in [0.717, 1.165) is 6.42 Å². The lowest BCUT2D eigenvalue weighted by Gasteiger charge is -2.25. The summed E-state index contributed by atoms with van der Waals surface area (Å²) in [5.41, 5.74) is 0. The quantitative estimate of drug-likeness (QED) is 0.486. The monoisotopic (exact) mass is 125 g/mol. The van der Waals surface area contributed by atoms with Gasteiger partial charge >= 0.3 is 0 Å². The molecule has 1 aliphatic carbocycles. The summed E-state index contributed by atoms with van der Waals surface area (Å²) in [6.45, 7) is 0. The summed E-state index contributed by atoms with van der Waals surface area (Å²) in [4.78, 5) is 0.